The molecule has 0 heterocycles. The summed E-state index contributed by atoms with van der Waals surface area (Å²) in [6, 6.07) is -0.845. The van der Waals surface area contributed by atoms with Crippen LogP contribution in [0.3, 0.4) is 0 Å². The Balaban J connectivity index is 3.88. The number of unbranched alkanes of at least 4 members (excludes halogenated alkanes) is 51. The van der Waals surface area contributed by atoms with Crippen LogP contribution in [0.4, 0.5) is 0 Å². The zero-order valence-electron chi connectivity index (χ0n) is 55.8. The second-order valence-electron chi connectivity index (χ2n) is 26.3. The third-order valence-corrected chi connectivity index (χ3v) is 17.8. The molecular weight excluding hydrogens is 1030 g/mol. The van der Waals surface area contributed by atoms with E-state index in [1.165, 1.54) is 315 Å². The number of quaternary nitrogens is 1. The van der Waals surface area contributed by atoms with E-state index in [-0.39, 0.29) is 19.1 Å². The highest BCUT2D eigenvalue weighted by Crippen LogP contribution is 2.43. The lowest BCUT2D eigenvalue weighted by Gasteiger charge is -2.25. The molecule has 0 aliphatic carbocycles. The second kappa shape index (κ2) is 64.2. The van der Waals surface area contributed by atoms with Gasteiger partial charge in [0.2, 0.25) is 5.91 Å². The van der Waals surface area contributed by atoms with E-state index in [2.05, 4.69) is 43.5 Å². The quantitative estimate of drug-likeness (QED) is 0.0243. The lowest BCUT2D eigenvalue weighted by molar-refractivity contribution is -0.870. The molecule has 9 heteroatoms. The Morgan fingerprint density at radius 1 is 0.415 bits per heavy atom. The average Bonchev–Trinajstić information content (AvgIpc) is 3.47. The van der Waals surface area contributed by atoms with E-state index in [0.29, 0.717) is 17.4 Å². The summed E-state index contributed by atoms with van der Waals surface area (Å²) in [5, 5.41) is 14.0. The van der Waals surface area contributed by atoms with Crippen LogP contribution in [0, 0.1) is 0 Å². The first-order valence-electron chi connectivity index (χ1n) is 36.4. The maximum absolute atomic E-state index is 13.0. The summed E-state index contributed by atoms with van der Waals surface area (Å²) in [6.45, 7) is 4.86. The lowest BCUT2D eigenvalue weighted by Crippen LogP contribution is -2.45. The van der Waals surface area contributed by atoms with Crippen molar-refractivity contribution < 1.29 is 32.9 Å². The van der Waals surface area contributed by atoms with Crippen LogP contribution >= 0.6 is 7.82 Å². The van der Waals surface area contributed by atoms with Gasteiger partial charge in [-0.25, -0.2) is 4.57 Å². The van der Waals surface area contributed by atoms with Crippen molar-refractivity contribution in [2.75, 3.05) is 40.9 Å². The van der Waals surface area contributed by atoms with Gasteiger partial charge >= 0.3 is 7.82 Å². The first-order valence-corrected chi connectivity index (χ1v) is 37.9. The molecule has 3 atom stereocenters. The minimum absolute atomic E-state index is 0.0643. The molecule has 0 aromatic heterocycles. The fourth-order valence-electron chi connectivity index (χ4n) is 11.2. The van der Waals surface area contributed by atoms with Gasteiger partial charge < -0.3 is 19.8 Å². The van der Waals surface area contributed by atoms with Crippen LogP contribution in [-0.2, 0) is 18.4 Å². The number of rotatable bonds is 68. The van der Waals surface area contributed by atoms with Crippen LogP contribution in [0.1, 0.15) is 373 Å². The van der Waals surface area contributed by atoms with Crippen LogP contribution in [0.2, 0.25) is 0 Å². The first-order chi connectivity index (χ1) is 40.0. The number of aliphatic hydroxyl groups excluding tert-OH is 1. The summed E-state index contributed by atoms with van der Waals surface area (Å²) in [5.41, 5.74) is 0. The minimum Gasteiger partial charge on any atom is -0.387 e. The minimum atomic E-state index is -4.35. The smallest absolute Gasteiger partial charge is 0.387 e. The van der Waals surface area contributed by atoms with Crippen molar-refractivity contribution in [1.82, 2.24) is 5.32 Å². The molecule has 0 fully saturated rings. The van der Waals surface area contributed by atoms with Gasteiger partial charge in [0.15, 0.2) is 0 Å². The molecule has 0 saturated carbocycles. The highest BCUT2D eigenvalue weighted by Gasteiger charge is 2.28. The Morgan fingerprint density at radius 3 is 1.00 bits per heavy atom. The molecule has 0 aliphatic rings. The number of amides is 1. The number of allylic oxidation sites excluding steroid dienone is 5. The number of aliphatic hydroxyl groups is 1. The molecule has 8 nitrogen and oxygen atoms in total. The Hall–Kier alpha value is -1.28. The predicted octanol–water partition coefficient (Wildman–Crippen LogP) is 23.2. The molecule has 486 valence electrons. The second-order valence-corrected chi connectivity index (χ2v) is 27.8. The first kappa shape index (κ1) is 80.7. The Kier molecular flexibility index (Phi) is 63.2. The molecule has 1 amide bonds. The molecule has 0 aromatic rings. The zero-order chi connectivity index (χ0) is 59.8. The molecule has 0 bridgehead atoms. The van der Waals surface area contributed by atoms with Crippen LogP contribution in [0.15, 0.2) is 36.5 Å². The van der Waals surface area contributed by atoms with Crippen LogP contribution in [0.25, 0.3) is 0 Å². The summed E-state index contributed by atoms with van der Waals surface area (Å²) < 4.78 is 23.8. The molecule has 0 spiro atoms. The van der Waals surface area contributed by atoms with Gasteiger partial charge in [-0.3, -0.25) is 13.8 Å². The third-order valence-electron chi connectivity index (χ3n) is 16.9. The van der Waals surface area contributed by atoms with Crippen LogP contribution < -0.4 is 5.32 Å². The Morgan fingerprint density at radius 2 is 0.695 bits per heavy atom. The summed E-state index contributed by atoms with van der Waals surface area (Å²) in [7, 11) is 1.59. The van der Waals surface area contributed by atoms with Crippen molar-refractivity contribution in [3.8, 4) is 0 Å². The maximum atomic E-state index is 13.0. The fraction of sp³-hybridized carbons (Fsp3) is 0.904. The normalized spacial score (nSPS) is 13.8. The molecule has 3 N–H and O–H groups in total. The Labute approximate surface area is 512 Å². The van der Waals surface area contributed by atoms with Gasteiger partial charge in [0, 0.05) is 6.42 Å². The number of phosphoric acid groups is 1. The van der Waals surface area contributed by atoms with Gasteiger partial charge in [0.25, 0.3) is 0 Å². The van der Waals surface area contributed by atoms with Crippen LogP contribution in [0.5, 0.6) is 0 Å². The summed E-state index contributed by atoms with van der Waals surface area (Å²) in [4.78, 5) is 23.4. The molecule has 0 saturated heterocycles. The number of phosphoric ester groups is 1. The van der Waals surface area contributed by atoms with Gasteiger partial charge in [0.05, 0.1) is 39.9 Å². The number of likely N-dealkylation sites (N-methyl/N-ethyl adjacent to an activating group) is 1. The standard InChI is InChI=1S/C73H143N2O6P/c1-6-8-10-12-14-16-18-20-22-24-26-27-28-29-30-31-32-33-34-35-36-37-38-39-40-41-42-43-44-45-46-47-49-51-53-55-57-59-61-63-65-67-73(77)74-71(70-81-82(78,79)80-69-68-75(3,4)5)72(76)66-64-62-60-58-56-54-52-50-48-25-23-21-19-17-15-13-11-9-7-2/h18,20,24,26,64,66,71-72,76H,6-17,19,21-23,25,27-63,65,67-70H2,1-5H3,(H-,74,77,78,79)/p+1/b20-18-,26-24-,66-64+. The van der Waals surface area contributed by atoms with Crippen molar-refractivity contribution >= 4 is 13.7 Å². The number of carbonyl (C=O) groups is 1. The van der Waals surface area contributed by atoms with E-state index < -0.39 is 20.0 Å². The molecule has 82 heavy (non-hydrogen) atoms. The van der Waals surface area contributed by atoms with Gasteiger partial charge in [-0.05, 0) is 51.4 Å². The van der Waals surface area contributed by atoms with Crippen molar-refractivity contribution in [3.63, 3.8) is 0 Å². The van der Waals surface area contributed by atoms with Gasteiger partial charge in [0.1, 0.15) is 13.2 Å². The van der Waals surface area contributed by atoms with Gasteiger partial charge in [-0.15, -0.1) is 0 Å². The fourth-order valence-corrected chi connectivity index (χ4v) is 11.9. The van der Waals surface area contributed by atoms with E-state index in [0.717, 1.165) is 38.5 Å². The largest absolute Gasteiger partial charge is 0.472 e. The van der Waals surface area contributed by atoms with E-state index in [1.54, 1.807) is 6.08 Å². The zero-order valence-corrected chi connectivity index (χ0v) is 56.7. The predicted molar refractivity (Wildman–Crippen MR) is 360 cm³/mol. The summed E-state index contributed by atoms with van der Waals surface area (Å²) >= 11 is 0. The molecule has 0 aromatic carbocycles. The van der Waals surface area contributed by atoms with Crippen molar-refractivity contribution in [1.29, 1.82) is 0 Å². The number of nitrogens with one attached hydrogen (secondary N) is 1. The summed E-state index contributed by atoms with van der Waals surface area (Å²) in [6.07, 6.45) is 86.0. The van der Waals surface area contributed by atoms with E-state index in [4.69, 9.17) is 9.05 Å². The number of nitrogens with zero attached hydrogens (tertiary/aromatic N) is 1. The van der Waals surface area contributed by atoms with E-state index >= 15 is 0 Å². The van der Waals surface area contributed by atoms with Crippen molar-refractivity contribution in [3.05, 3.63) is 36.5 Å². The third kappa shape index (κ3) is 66.2. The summed E-state index contributed by atoms with van der Waals surface area (Å²) in [5.74, 6) is -0.169. The highest BCUT2D eigenvalue weighted by atomic mass is 31.2. The monoisotopic (exact) mass is 1180 g/mol. The lowest BCUT2D eigenvalue weighted by atomic mass is 10.0. The number of hydrogen-bond donors (Lipinski definition) is 3. The highest BCUT2D eigenvalue weighted by molar-refractivity contribution is 7.47. The van der Waals surface area contributed by atoms with Gasteiger partial charge in [-0.2, -0.15) is 0 Å². The molecular formula is C73H144N2O6P+. The maximum Gasteiger partial charge on any atom is 0.472 e. The van der Waals surface area contributed by atoms with E-state index in [9.17, 15) is 19.4 Å². The van der Waals surface area contributed by atoms with Crippen molar-refractivity contribution in [2.24, 2.45) is 0 Å². The molecule has 0 radical (unpaired) electrons. The van der Waals surface area contributed by atoms with Gasteiger partial charge in [-0.1, -0.05) is 352 Å². The molecule has 0 aliphatic heterocycles. The molecule has 3 unspecified atom stereocenters. The SMILES string of the molecule is CCCCCCC/C=C\C/C=C\CCCCCCCCCCCCCCCCCCCCCCCCCCCCCCCC(=O)NC(COP(=O)(O)OCC[N+](C)(C)C)C(O)/C=C/CCCCCCCCCCCCCCCCCCC. The van der Waals surface area contributed by atoms with Crippen molar-refractivity contribution in [2.45, 2.75) is 386 Å². The Bertz CT molecular complexity index is 1430. The average molecular weight is 1180 g/mol. The topological polar surface area (TPSA) is 105 Å². The van der Waals surface area contributed by atoms with Crippen LogP contribution in [-0.4, -0.2) is 73.4 Å². The molecule has 0 rings (SSSR count). The number of carbonyl (C=O) groups excluding carboxylic acids is 1. The number of hydrogen-bond acceptors (Lipinski definition) is 5. The van der Waals surface area contributed by atoms with E-state index in [1.807, 2.05) is 27.2 Å².